The van der Waals surface area contributed by atoms with Crippen molar-refractivity contribution in [3.05, 3.63) is 129 Å². The molecule has 0 saturated carbocycles. The molecule has 4 nitrogen and oxygen atoms in total. The molecule has 4 heteroatoms. The summed E-state index contributed by atoms with van der Waals surface area (Å²) in [5.74, 6) is 0. The maximum absolute atomic E-state index is 11.7. The van der Waals surface area contributed by atoms with Gasteiger partial charge < -0.3 is 0 Å². The standard InChI is InChI=1S/C35H46O2.C31H42O2/c1-3-5-7-9-11-13-23-35(24-14-12-10-8-6-4-2)33-27-29(17-15-25-36)19-21-31(33)32-22-20-30(18-16-26-37)28-34(32)35;1-3-5-7-9-11-13-19-31(20-14-12-10-8-6-4-2)29-21-25(23-32)15-17-27(29)28-18-16-26(24-33)22-30(28)31/h15-22,25-28H,3-14,23-24H2,1-2H3;15-18,21-24H,3-14,19-20H2,1-2H3/b17-15+,18-16+;. The number of fused-ring (bicyclic) bond motifs is 6. The average Bonchev–Trinajstić information content (AvgIpc) is 3.81. The third kappa shape index (κ3) is 15.0. The summed E-state index contributed by atoms with van der Waals surface area (Å²) in [6.07, 6.45) is 46.0. The van der Waals surface area contributed by atoms with Gasteiger partial charge in [-0.15, -0.1) is 0 Å². The smallest absolute Gasteiger partial charge is 0.150 e. The Bertz CT molecular complexity index is 2130. The summed E-state index contributed by atoms with van der Waals surface area (Å²) in [6.45, 7) is 9.07. The van der Waals surface area contributed by atoms with E-state index in [1.807, 2.05) is 24.3 Å². The summed E-state index contributed by atoms with van der Waals surface area (Å²) in [6, 6.07) is 25.9. The molecule has 0 N–H and O–H groups in total. The number of hydrogen-bond acceptors (Lipinski definition) is 4. The van der Waals surface area contributed by atoms with Crippen molar-refractivity contribution in [2.24, 2.45) is 0 Å². The first-order valence-corrected chi connectivity index (χ1v) is 28.1. The molecule has 2 aliphatic carbocycles. The van der Waals surface area contributed by atoms with Crippen molar-refractivity contribution < 1.29 is 19.2 Å². The summed E-state index contributed by atoms with van der Waals surface area (Å²) >= 11 is 0. The van der Waals surface area contributed by atoms with Gasteiger partial charge in [0.25, 0.3) is 0 Å². The number of unbranched alkanes of at least 4 members (excludes halogenated alkanes) is 20. The number of rotatable bonds is 34. The van der Waals surface area contributed by atoms with E-state index in [4.69, 9.17) is 0 Å². The summed E-state index contributed by atoms with van der Waals surface area (Å²) in [4.78, 5) is 45.4. The number of aldehydes is 4. The van der Waals surface area contributed by atoms with Gasteiger partial charge in [0, 0.05) is 22.0 Å². The van der Waals surface area contributed by atoms with Crippen LogP contribution in [0.25, 0.3) is 34.4 Å². The summed E-state index contributed by atoms with van der Waals surface area (Å²) in [5, 5.41) is 0. The number of benzene rings is 4. The molecule has 0 heterocycles. The number of carbonyl (C=O) groups is 4. The van der Waals surface area contributed by atoms with E-state index in [0.717, 1.165) is 73.1 Å². The van der Waals surface area contributed by atoms with Crippen LogP contribution in [0.2, 0.25) is 0 Å². The van der Waals surface area contributed by atoms with E-state index in [0.29, 0.717) is 0 Å². The van der Waals surface area contributed by atoms with Gasteiger partial charge in [-0.25, -0.2) is 0 Å². The van der Waals surface area contributed by atoms with Crippen LogP contribution in [-0.4, -0.2) is 25.1 Å². The van der Waals surface area contributed by atoms with Crippen LogP contribution >= 0.6 is 0 Å². The third-order valence-electron chi connectivity index (χ3n) is 15.7. The summed E-state index contributed by atoms with van der Waals surface area (Å²) < 4.78 is 0. The normalized spacial score (nSPS) is 13.7. The highest BCUT2D eigenvalue weighted by Crippen LogP contribution is 2.56. The molecule has 4 aromatic rings. The lowest BCUT2D eigenvalue weighted by Crippen LogP contribution is -2.26. The number of carbonyl (C=O) groups excluding carboxylic acids is 4. The van der Waals surface area contributed by atoms with E-state index >= 15 is 0 Å². The van der Waals surface area contributed by atoms with Crippen LogP contribution in [0.5, 0.6) is 0 Å². The zero-order valence-electron chi connectivity index (χ0n) is 44.0. The van der Waals surface area contributed by atoms with Crippen molar-refractivity contribution in [1.82, 2.24) is 0 Å². The van der Waals surface area contributed by atoms with E-state index in [1.165, 1.54) is 199 Å². The van der Waals surface area contributed by atoms with Crippen LogP contribution in [0.1, 0.15) is 262 Å². The second-order valence-electron chi connectivity index (χ2n) is 20.7. The molecule has 0 radical (unpaired) electrons. The Labute approximate surface area is 424 Å². The quantitative estimate of drug-likeness (QED) is 0.0266. The highest BCUT2D eigenvalue weighted by atomic mass is 16.1. The number of allylic oxidation sites excluding steroid dienone is 2. The van der Waals surface area contributed by atoms with Crippen molar-refractivity contribution in [2.45, 2.75) is 218 Å². The molecular formula is C66H88O4. The van der Waals surface area contributed by atoms with Gasteiger partial charge in [0.15, 0.2) is 0 Å². The van der Waals surface area contributed by atoms with Crippen molar-refractivity contribution in [1.29, 1.82) is 0 Å². The van der Waals surface area contributed by atoms with Gasteiger partial charge >= 0.3 is 0 Å². The zero-order valence-corrected chi connectivity index (χ0v) is 44.0. The van der Waals surface area contributed by atoms with Gasteiger partial charge in [0.2, 0.25) is 0 Å². The predicted molar refractivity (Wildman–Crippen MR) is 298 cm³/mol. The van der Waals surface area contributed by atoms with E-state index in [2.05, 4.69) is 88.4 Å². The lowest BCUT2D eigenvalue weighted by Gasteiger charge is -2.33. The van der Waals surface area contributed by atoms with Crippen LogP contribution in [0.4, 0.5) is 0 Å². The molecule has 4 aromatic carbocycles. The monoisotopic (exact) mass is 945 g/mol. The second kappa shape index (κ2) is 30.7. The SMILES string of the molecule is CCCCCCCCC1(CCCCCCCC)c2cc(/C=C/C=O)ccc2-c2ccc(/C=C/C=O)cc21.CCCCCCCCC1(CCCCCCCC)c2cc(C=O)ccc2-c2ccc(C=O)cc21. The molecule has 2 aliphatic rings. The highest BCUT2D eigenvalue weighted by molar-refractivity contribution is 5.88. The molecule has 0 spiro atoms. The molecule has 0 aromatic heterocycles. The van der Waals surface area contributed by atoms with Gasteiger partial charge in [0.1, 0.15) is 25.1 Å². The molecule has 70 heavy (non-hydrogen) atoms. The molecule has 6 rings (SSSR count). The third-order valence-corrected chi connectivity index (χ3v) is 15.7. The molecule has 376 valence electrons. The van der Waals surface area contributed by atoms with Gasteiger partial charge in [-0.05, 0) is 106 Å². The topological polar surface area (TPSA) is 68.3 Å². The zero-order chi connectivity index (χ0) is 49.9. The molecule has 0 fully saturated rings. The maximum Gasteiger partial charge on any atom is 0.150 e. The van der Waals surface area contributed by atoms with Gasteiger partial charge in [-0.2, -0.15) is 0 Å². The molecule has 0 unspecified atom stereocenters. The minimum absolute atomic E-state index is 0.0176. The Hall–Kier alpha value is -4.96. The predicted octanol–water partition coefficient (Wildman–Crippen LogP) is 19.0. The maximum atomic E-state index is 11.7. The fourth-order valence-electron chi connectivity index (χ4n) is 11.9. The fourth-order valence-corrected chi connectivity index (χ4v) is 11.9. The van der Waals surface area contributed by atoms with Crippen LogP contribution < -0.4 is 0 Å². The van der Waals surface area contributed by atoms with Gasteiger partial charge in [0.05, 0.1) is 0 Å². The minimum Gasteiger partial charge on any atom is -0.299 e. The Kier molecular flexibility index (Phi) is 24.5. The van der Waals surface area contributed by atoms with E-state index in [9.17, 15) is 19.2 Å². The van der Waals surface area contributed by atoms with Gasteiger partial charge in [-0.1, -0.05) is 255 Å². The van der Waals surface area contributed by atoms with Crippen molar-refractivity contribution >= 4 is 37.3 Å². The molecule has 0 aliphatic heterocycles. The summed E-state index contributed by atoms with van der Waals surface area (Å²) in [5.41, 5.74) is 14.2. The molecule has 0 bridgehead atoms. The first-order chi connectivity index (χ1) is 34.4. The van der Waals surface area contributed by atoms with Crippen molar-refractivity contribution in [3.8, 4) is 22.3 Å². The van der Waals surface area contributed by atoms with E-state index < -0.39 is 0 Å². The average molecular weight is 945 g/mol. The largest absolute Gasteiger partial charge is 0.299 e. The molecule has 0 atom stereocenters. The molecule has 0 saturated heterocycles. The Balaban J connectivity index is 0.000000262. The highest BCUT2D eigenvalue weighted by Gasteiger charge is 2.44. The van der Waals surface area contributed by atoms with Gasteiger partial charge in [-0.3, -0.25) is 19.2 Å². The Morgan fingerprint density at radius 2 is 0.557 bits per heavy atom. The first kappa shape index (κ1) is 56.0. The summed E-state index contributed by atoms with van der Waals surface area (Å²) in [7, 11) is 0. The number of hydrogen-bond donors (Lipinski definition) is 0. The second-order valence-corrected chi connectivity index (χ2v) is 20.7. The Morgan fingerprint density at radius 3 is 0.814 bits per heavy atom. The first-order valence-electron chi connectivity index (χ1n) is 28.1. The van der Waals surface area contributed by atoms with Crippen LogP contribution in [0, 0.1) is 0 Å². The van der Waals surface area contributed by atoms with E-state index in [1.54, 1.807) is 12.2 Å². The molecular weight excluding hydrogens is 857 g/mol. The van der Waals surface area contributed by atoms with Crippen LogP contribution in [0.15, 0.2) is 84.9 Å². The van der Waals surface area contributed by atoms with Crippen molar-refractivity contribution in [3.63, 3.8) is 0 Å². The fraction of sp³-hybridized carbons (Fsp3) is 0.515. The lowest BCUT2D eigenvalue weighted by atomic mass is 9.70. The van der Waals surface area contributed by atoms with Crippen LogP contribution in [0.3, 0.4) is 0 Å². The molecule has 0 amide bonds. The Morgan fingerprint density at radius 1 is 0.314 bits per heavy atom. The van der Waals surface area contributed by atoms with E-state index in [-0.39, 0.29) is 10.8 Å². The lowest BCUT2D eigenvalue weighted by molar-refractivity contribution is -0.104. The van der Waals surface area contributed by atoms with Crippen LogP contribution in [-0.2, 0) is 20.4 Å². The minimum atomic E-state index is -0.0851. The van der Waals surface area contributed by atoms with Crippen molar-refractivity contribution in [2.75, 3.05) is 0 Å².